The van der Waals surface area contributed by atoms with Gasteiger partial charge < -0.3 is 5.11 Å². The van der Waals surface area contributed by atoms with Crippen molar-refractivity contribution in [2.75, 3.05) is 0 Å². The molecule has 0 aromatic rings. The van der Waals surface area contributed by atoms with Gasteiger partial charge in [-0.1, -0.05) is 0 Å². The number of aliphatic hydroxyl groups excluding tert-OH is 1. The highest BCUT2D eigenvalue weighted by atomic mass is 127. The Labute approximate surface area is 49.0 Å². The lowest BCUT2D eigenvalue weighted by Gasteiger charge is -1.73. The van der Waals surface area contributed by atoms with Gasteiger partial charge in [-0.25, -0.2) is 0 Å². The highest BCUT2D eigenvalue weighted by Crippen LogP contribution is 1.87. The molecule has 0 aromatic heterocycles. The normalized spacial score (nSPS) is 11.2. The van der Waals surface area contributed by atoms with E-state index >= 15 is 0 Å². The van der Waals surface area contributed by atoms with Crippen LogP contribution in [0.5, 0.6) is 0 Å². The van der Waals surface area contributed by atoms with Gasteiger partial charge in [0.05, 0.1) is 0 Å². The van der Waals surface area contributed by atoms with Crippen LogP contribution in [0.15, 0.2) is 9.84 Å². The minimum absolute atomic E-state index is 0.226. The van der Waals surface area contributed by atoms with Gasteiger partial charge in [0.25, 0.3) is 0 Å². The van der Waals surface area contributed by atoms with Crippen molar-refractivity contribution < 1.29 is 9.90 Å². The lowest BCUT2D eigenvalue weighted by atomic mass is 10.7. The summed E-state index contributed by atoms with van der Waals surface area (Å²) in [5.74, 6) is -0.226. The average molecular weight is 198 g/mol. The first-order valence-electron chi connectivity index (χ1n) is 1.25. The van der Waals surface area contributed by atoms with Gasteiger partial charge in [-0.05, 0) is 22.6 Å². The van der Waals surface area contributed by atoms with Crippen LogP contribution in [0.3, 0.4) is 0 Å². The lowest BCUT2D eigenvalue weighted by molar-refractivity contribution is -0.106. The van der Waals surface area contributed by atoms with E-state index in [9.17, 15) is 4.79 Å². The Kier molecular flexibility index (Phi) is 3.11. The standard InChI is InChI=1S/C3H3IO2/c4-1-3(6)2-5/h1-2,6H. The van der Waals surface area contributed by atoms with Gasteiger partial charge in [-0.3, -0.25) is 4.79 Å². The first kappa shape index (κ1) is 5.94. The van der Waals surface area contributed by atoms with Crippen LogP contribution in [0.4, 0.5) is 0 Å². The van der Waals surface area contributed by atoms with Gasteiger partial charge in [-0.15, -0.1) is 0 Å². The summed E-state index contributed by atoms with van der Waals surface area (Å²) in [5.41, 5.74) is 0. The Balaban J connectivity index is 3.50. The predicted molar refractivity (Wildman–Crippen MR) is 30.8 cm³/mol. The van der Waals surface area contributed by atoms with E-state index in [0.29, 0.717) is 6.29 Å². The van der Waals surface area contributed by atoms with Gasteiger partial charge in [-0.2, -0.15) is 0 Å². The number of rotatable bonds is 1. The molecule has 0 unspecified atom stereocenters. The molecule has 0 amide bonds. The first-order chi connectivity index (χ1) is 2.81. The summed E-state index contributed by atoms with van der Waals surface area (Å²) in [5, 5.41) is 8.15. The van der Waals surface area contributed by atoms with Gasteiger partial charge in [0.1, 0.15) is 0 Å². The molecule has 0 fully saturated rings. The van der Waals surface area contributed by atoms with Crippen molar-refractivity contribution in [3.63, 3.8) is 0 Å². The minimum Gasteiger partial charge on any atom is -0.504 e. The van der Waals surface area contributed by atoms with Crippen LogP contribution < -0.4 is 0 Å². The van der Waals surface area contributed by atoms with Crippen LogP contribution in [0.25, 0.3) is 0 Å². The topological polar surface area (TPSA) is 37.3 Å². The third kappa shape index (κ3) is 2.19. The molecule has 0 aliphatic heterocycles. The number of hydrogen-bond donors (Lipinski definition) is 1. The maximum absolute atomic E-state index is 9.41. The fourth-order valence-corrected chi connectivity index (χ4v) is 0.173. The van der Waals surface area contributed by atoms with Crippen molar-refractivity contribution in [3.05, 3.63) is 9.84 Å². The van der Waals surface area contributed by atoms with Crippen molar-refractivity contribution in [1.82, 2.24) is 0 Å². The second-order valence-corrected chi connectivity index (χ2v) is 1.27. The number of aldehydes is 1. The molecule has 0 bridgehead atoms. The van der Waals surface area contributed by atoms with E-state index in [2.05, 4.69) is 0 Å². The molecule has 0 saturated heterocycles. The smallest absolute Gasteiger partial charge is 0.184 e. The molecule has 3 heteroatoms. The zero-order chi connectivity index (χ0) is 4.99. The average Bonchev–Trinajstić information content (AvgIpc) is 1.65. The van der Waals surface area contributed by atoms with Crippen molar-refractivity contribution in [2.24, 2.45) is 0 Å². The first-order valence-corrected chi connectivity index (χ1v) is 2.50. The maximum Gasteiger partial charge on any atom is 0.184 e. The number of aliphatic hydroxyl groups is 1. The third-order valence-corrected chi connectivity index (χ3v) is 0.871. The van der Waals surface area contributed by atoms with Crippen LogP contribution in [0.2, 0.25) is 0 Å². The van der Waals surface area contributed by atoms with Gasteiger partial charge in [0, 0.05) is 4.08 Å². The Morgan fingerprint density at radius 2 is 2.33 bits per heavy atom. The summed E-state index contributed by atoms with van der Waals surface area (Å²) < 4.78 is 1.30. The summed E-state index contributed by atoms with van der Waals surface area (Å²) in [7, 11) is 0. The Morgan fingerprint density at radius 1 is 1.83 bits per heavy atom. The number of carbonyl (C=O) groups excluding carboxylic acids is 1. The monoisotopic (exact) mass is 198 g/mol. The van der Waals surface area contributed by atoms with E-state index in [1.165, 1.54) is 4.08 Å². The van der Waals surface area contributed by atoms with Crippen LogP contribution in [-0.2, 0) is 4.79 Å². The molecule has 0 rings (SSSR count). The SMILES string of the molecule is O=CC(O)=CI. The van der Waals surface area contributed by atoms with Crippen molar-refractivity contribution in [2.45, 2.75) is 0 Å². The van der Waals surface area contributed by atoms with Crippen molar-refractivity contribution in [3.8, 4) is 0 Å². The third-order valence-electron chi connectivity index (χ3n) is 0.233. The fraction of sp³-hybridized carbons (Fsp3) is 0. The molecule has 2 nitrogen and oxygen atoms in total. The van der Waals surface area contributed by atoms with Crippen LogP contribution >= 0.6 is 22.6 Å². The van der Waals surface area contributed by atoms with E-state index in [1.54, 1.807) is 22.6 Å². The highest BCUT2D eigenvalue weighted by Gasteiger charge is 1.77. The number of carbonyl (C=O) groups is 1. The number of hydrogen-bond acceptors (Lipinski definition) is 2. The van der Waals surface area contributed by atoms with Crippen LogP contribution in [-0.4, -0.2) is 11.4 Å². The number of halogens is 1. The molecule has 0 aliphatic rings. The molecule has 0 atom stereocenters. The van der Waals surface area contributed by atoms with Gasteiger partial charge >= 0.3 is 0 Å². The molecule has 0 aliphatic carbocycles. The van der Waals surface area contributed by atoms with Gasteiger partial charge in [0.15, 0.2) is 12.0 Å². The second-order valence-electron chi connectivity index (χ2n) is 0.652. The quantitative estimate of drug-likeness (QED) is 0.295. The Bertz CT molecular complexity index is 76.9. The Hall–Kier alpha value is -0.0600. The Morgan fingerprint density at radius 3 is 2.33 bits per heavy atom. The number of allylic oxidation sites excluding steroid dienone is 1. The van der Waals surface area contributed by atoms with E-state index < -0.39 is 0 Å². The summed E-state index contributed by atoms with van der Waals surface area (Å²) >= 11 is 1.77. The zero-order valence-electron chi connectivity index (χ0n) is 2.89. The molecule has 0 spiro atoms. The fourth-order valence-electron chi connectivity index (χ4n) is 0.0257. The molecule has 0 saturated carbocycles. The van der Waals surface area contributed by atoms with Gasteiger partial charge in [0.2, 0.25) is 0 Å². The predicted octanol–water partition coefficient (Wildman–Crippen LogP) is 1.02. The van der Waals surface area contributed by atoms with Crippen molar-refractivity contribution in [1.29, 1.82) is 0 Å². The van der Waals surface area contributed by atoms with Crippen LogP contribution in [0.1, 0.15) is 0 Å². The zero-order valence-corrected chi connectivity index (χ0v) is 5.05. The molecule has 6 heavy (non-hydrogen) atoms. The molecular formula is C3H3IO2. The van der Waals surface area contributed by atoms with Crippen molar-refractivity contribution >= 4 is 28.9 Å². The molecule has 34 valence electrons. The molecule has 0 heterocycles. The van der Waals surface area contributed by atoms with E-state index in [4.69, 9.17) is 5.11 Å². The van der Waals surface area contributed by atoms with E-state index in [0.717, 1.165) is 0 Å². The minimum atomic E-state index is -0.226. The highest BCUT2D eigenvalue weighted by molar-refractivity contribution is 14.1. The van der Waals surface area contributed by atoms with E-state index in [-0.39, 0.29) is 5.76 Å². The summed E-state index contributed by atoms with van der Waals surface area (Å²) in [6.07, 6.45) is 0.381. The second kappa shape index (κ2) is 3.14. The molecular weight excluding hydrogens is 195 g/mol. The van der Waals surface area contributed by atoms with Crippen LogP contribution in [0, 0.1) is 0 Å². The molecule has 0 aromatic carbocycles. The molecule has 0 radical (unpaired) electrons. The summed E-state index contributed by atoms with van der Waals surface area (Å²) in [6.45, 7) is 0. The molecule has 1 N–H and O–H groups in total. The summed E-state index contributed by atoms with van der Waals surface area (Å²) in [6, 6.07) is 0. The summed E-state index contributed by atoms with van der Waals surface area (Å²) in [4.78, 5) is 9.41. The largest absolute Gasteiger partial charge is 0.504 e. The van der Waals surface area contributed by atoms with E-state index in [1.807, 2.05) is 0 Å². The lowest BCUT2D eigenvalue weighted by Crippen LogP contribution is -1.74. The maximum atomic E-state index is 9.41.